The van der Waals surface area contributed by atoms with Gasteiger partial charge in [-0.1, -0.05) is 12.1 Å². The Hall–Kier alpha value is -3.90. The fourth-order valence-electron chi connectivity index (χ4n) is 3.46. The molecule has 2 aromatic rings. The number of nitrogen functional groups attached to an aromatic ring is 1. The van der Waals surface area contributed by atoms with Gasteiger partial charge in [0, 0.05) is 12.6 Å². The topological polar surface area (TPSA) is 120 Å². The number of nitrogens with zero attached hydrogens (tertiary/aromatic N) is 2. The van der Waals surface area contributed by atoms with Gasteiger partial charge in [0.15, 0.2) is 5.82 Å². The zero-order chi connectivity index (χ0) is 24.7. The first-order valence-corrected chi connectivity index (χ1v) is 9.32. The van der Waals surface area contributed by atoms with Gasteiger partial charge in [-0.15, -0.1) is 4.99 Å². The zero-order valence-electron chi connectivity index (χ0n) is 17.2. The standard InChI is InChI=1S/C20H18F5N5O3/c1-19(8-13(31)30(2)17(29-19)28-18(32)33)9-4-3-5-12(15(9)22)27-16-11(26)7-6-10(21)14(16)20(23,24)25/h3-7,27H,8,26H2,1-2H3,(H,28,29)(H,32,33)/t19-/m0/s1. The Morgan fingerprint density at radius 2 is 1.94 bits per heavy atom. The van der Waals surface area contributed by atoms with Crippen molar-refractivity contribution in [3.63, 3.8) is 0 Å². The molecule has 3 rings (SSSR count). The van der Waals surface area contributed by atoms with Crippen LogP contribution in [-0.4, -0.2) is 35.0 Å². The number of rotatable bonds is 3. The summed E-state index contributed by atoms with van der Waals surface area (Å²) in [6.07, 6.45) is -7.04. The maximum Gasteiger partial charge on any atom is 0.434 e. The number of nitrogens with two attached hydrogens (primary N) is 1. The number of carboxylic acid groups (broad SMARTS) is 1. The Kier molecular flexibility index (Phi) is 5.92. The molecule has 1 fully saturated rings. The van der Waals surface area contributed by atoms with E-state index in [4.69, 9.17) is 10.8 Å². The minimum atomic E-state index is -5.12. The van der Waals surface area contributed by atoms with Crippen LogP contribution in [0.25, 0.3) is 0 Å². The third-order valence-corrected chi connectivity index (χ3v) is 5.11. The smallest absolute Gasteiger partial charge is 0.434 e. The van der Waals surface area contributed by atoms with Crippen molar-refractivity contribution in [2.45, 2.75) is 25.1 Å². The first-order chi connectivity index (χ1) is 15.2. The molecule has 13 heteroatoms. The summed E-state index contributed by atoms with van der Waals surface area (Å²) in [6.45, 7) is 1.40. The van der Waals surface area contributed by atoms with Gasteiger partial charge in [0.05, 0.1) is 29.0 Å². The molecule has 2 aromatic carbocycles. The lowest BCUT2D eigenvalue weighted by Gasteiger charge is -2.40. The van der Waals surface area contributed by atoms with Crippen LogP contribution in [0.4, 0.5) is 43.8 Å². The Labute approximate surface area is 183 Å². The van der Waals surface area contributed by atoms with Crippen LogP contribution in [0.5, 0.6) is 0 Å². The molecule has 1 heterocycles. The average molecular weight is 471 g/mol. The van der Waals surface area contributed by atoms with Crippen molar-refractivity contribution in [1.29, 1.82) is 0 Å². The first-order valence-electron chi connectivity index (χ1n) is 9.32. The van der Waals surface area contributed by atoms with Crippen molar-refractivity contribution >= 4 is 35.0 Å². The van der Waals surface area contributed by atoms with Crippen molar-refractivity contribution in [3.05, 3.63) is 53.1 Å². The molecule has 176 valence electrons. The summed E-state index contributed by atoms with van der Waals surface area (Å²) in [7, 11) is 1.27. The van der Waals surface area contributed by atoms with E-state index >= 15 is 4.39 Å². The second kappa shape index (κ2) is 8.22. The summed E-state index contributed by atoms with van der Waals surface area (Å²) in [5.41, 5.74) is 0.430. The summed E-state index contributed by atoms with van der Waals surface area (Å²) in [5.74, 6) is -3.59. The third kappa shape index (κ3) is 4.52. The quantitative estimate of drug-likeness (QED) is 0.397. The molecule has 0 spiro atoms. The van der Waals surface area contributed by atoms with E-state index in [0.717, 1.165) is 17.0 Å². The second-order valence-corrected chi connectivity index (χ2v) is 7.48. The summed E-state index contributed by atoms with van der Waals surface area (Å²) in [5, 5.41) is 13.8. The van der Waals surface area contributed by atoms with Gasteiger partial charge in [0.1, 0.15) is 11.4 Å². The molecule has 2 amide bonds. The lowest BCUT2D eigenvalue weighted by Crippen LogP contribution is -2.59. The van der Waals surface area contributed by atoms with Gasteiger partial charge >= 0.3 is 12.3 Å². The summed E-state index contributed by atoms with van der Waals surface area (Å²) in [6, 6.07) is 5.13. The molecular weight excluding hydrogens is 453 g/mol. The van der Waals surface area contributed by atoms with Crippen LogP contribution < -0.4 is 16.4 Å². The minimum absolute atomic E-state index is 0.171. The summed E-state index contributed by atoms with van der Waals surface area (Å²) in [4.78, 5) is 27.6. The van der Waals surface area contributed by atoms with E-state index in [1.165, 1.54) is 26.1 Å². The van der Waals surface area contributed by atoms with Crippen LogP contribution in [0.3, 0.4) is 0 Å². The van der Waals surface area contributed by atoms with Crippen LogP contribution in [0.1, 0.15) is 24.5 Å². The van der Waals surface area contributed by atoms with Gasteiger partial charge in [-0.05, 0) is 25.1 Å². The van der Waals surface area contributed by atoms with E-state index < -0.39 is 58.0 Å². The van der Waals surface area contributed by atoms with Crippen LogP contribution in [0.2, 0.25) is 0 Å². The zero-order valence-corrected chi connectivity index (χ0v) is 17.2. The fraction of sp³-hybridized carbons (Fsp3) is 0.250. The molecule has 0 unspecified atom stereocenters. The van der Waals surface area contributed by atoms with Gasteiger partial charge < -0.3 is 21.5 Å². The molecule has 0 saturated carbocycles. The van der Waals surface area contributed by atoms with Crippen LogP contribution in [0.15, 0.2) is 35.3 Å². The molecule has 0 aliphatic carbocycles. The number of aliphatic imine (C=N–C) groups is 1. The number of carbonyl (C=O) groups excluding carboxylic acids is 1. The number of halogens is 5. The lowest BCUT2D eigenvalue weighted by molar-refractivity contribution is -0.139. The number of guanidine groups is 1. The van der Waals surface area contributed by atoms with E-state index in [9.17, 15) is 27.2 Å². The molecule has 1 aliphatic rings. The van der Waals surface area contributed by atoms with Crippen molar-refractivity contribution in [3.8, 4) is 0 Å². The largest absolute Gasteiger partial charge is 0.463 e. The van der Waals surface area contributed by atoms with Gasteiger partial charge in [-0.2, -0.15) is 13.2 Å². The second-order valence-electron chi connectivity index (χ2n) is 7.48. The molecule has 5 N–H and O–H groups in total. The molecule has 1 saturated heterocycles. The highest BCUT2D eigenvalue weighted by Gasteiger charge is 2.42. The fourth-order valence-corrected chi connectivity index (χ4v) is 3.46. The van der Waals surface area contributed by atoms with Gasteiger partial charge in [0.2, 0.25) is 11.9 Å². The molecule has 1 aliphatic heterocycles. The monoisotopic (exact) mass is 471 g/mol. The molecule has 0 bridgehead atoms. The Morgan fingerprint density at radius 1 is 1.27 bits per heavy atom. The average Bonchev–Trinajstić information content (AvgIpc) is 2.68. The van der Waals surface area contributed by atoms with Gasteiger partial charge in [-0.25, -0.2) is 13.6 Å². The van der Waals surface area contributed by atoms with Crippen molar-refractivity contribution in [2.75, 3.05) is 18.1 Å². The molecule has 33 heavy (non-hydrogen) atoms. The number of nitrogens with one attached hydrogen (secondary N) is 2. The van der Waals surface area contributed by atoms with Crippen LogP contribution >= 0.6 is 0 Å². The highest BCUT2D eigenvalue weighted by Crippen LogP contribution is 2.42. The van der Waals surface area contributed by atoms with Crippen LogP contribution in [-0.2, 0) is 16.5 Å². The molecular formula is C20H18F5N5O3. The highest BCUT2D eigenvalue weighted by atomic mass is 19.4. The molecule has 0 aromatic heterocycles. The van der Waals surface area contributed by atoms with Crippen molar-refractivity contribution in [2.24, 2.45) is 4.99 Å². The van der Waals surface area contributed by atoms with E-state index in [0.29, 0.717) is 6.07 Å². The number of hydrogen-bond acceptors (Lipinski definition) is 4. The highest BCUT2D eigenvalue weighted by molar-refractivity contribution is 6.03. The number of anilines is 3. The number of hydrogen-bond donors (Lipinski definition) is 4. The number of alkyl halides is 3. The Balaban J connectivity index is 2.09. The minimum Gasteiger partial charge on any atom is -0.463 e. The number of benzene rings is 2. The van der Waals surface area contributed by atoms with Crippen molar-refractivity contribution in [1.82, 2.24) is 10.2 Å². The van der Waals surface area contributed by atoms with E-state index in [-0.39, 0.29) is 17.9 Å². The lowest BCUT2D eigenvalue weighted by atomic mass is 9.86. The predicted molar refractivity (Wildman–Crippen MR) is 109 cm³/mol. The summed E-state index contributed by atoms with van der Waals surface area (Å²) < 4.78 is 69.7. The van der Waals surface area contributed by atoms with E-state index in [1.807, 2.05) is 0 Å². The maximum atomic E-state index is 15.5. The number of carbonyl (C=O) groups is 2. The molecule has 0 radical (unpaired) electrons. The maximum absolute atomic E-state index is 15.5. The molecule has 1 atom stereocenters. The number of amides is 2. The normalized spacial score (nSPS) is 20.0. The van der Waals surface area contributed by atoms with Gasteiger partial charge in [0.25, 0.3) is 0 Å². The summed E-state index contributed by atoms with van der Waals surface area (Å²) >= 11 is 0. The van der Waals surface area contributed by atoms with Crippen LogP contribution in [0, 0.1) is 11.6 Å². The molecule has 8 nitrogen and oxygen atoms in total. The Morgan fingerprint density at radius 3 is 2.55 bits per heavy atom. The Bertz CT molecular complexity index is 1170. The van der Waals surface area contributed by atoms with Gasteiger partial charge in [-0.3, -0.25) is 9.69 Å². The first kappa shape index (κ1) is 23.8. The van der Waals surface area contributed by atoms with E-state index in [1.54, 1.807) is 0 Å². The van der Waals surface area contributed by atoms with Crippen molar-refractivity contribution < 1.29 is 36.6 Å². The SMILES string of the molecule is CN1C(=O)C[C@@](C)(c2cccc(Nc3c(N)ccc(F)c3C(F)(F)F)c2F)N/C1=N\C(=O)O. The van der Waals surface area contributed by atoms with E-state index in [2.05, 4.69) is 15.6 Å². The third-order valence-electron chi connectivity index (χ3n) is 5.11. The predicted octanol–water partition coefficient (Wildman–Crippen LogP) is 4.01.